The fourth-order valence-corrected chi connectivity index (χ4v) is 3.19. The maximum Gasteiger partial charge on any atom is 0.307 e. The van der Waals surface area contributed by atoms with Crippen LogP contribution in [0.15, 0.2) is 24.3 Å². The number of rotatable bonds is 5. The molecule has 1 N–H and O–H groups in total. The highest BCUT2D eigenvalue weighted by Gasteiger charge is 2.21. The first-order chi connectivity index (χ1) is 7.80. The van der Waals surface area contributed by atoms with E-state index in [9.17, 15) is 13.2 Å². The summed E-state index contributed by atoms with van der Waals surface area (Å²) >= 11 is 5.68. The van der Waals surface area contributed by atoms with Crippen LogP contribution in [0.4, 0.5) is 0 Å². The van der Waals surface area contributed by atoms with Crippen LogP contribution in [-0.2, 0) is 20.4 Å². The van der Waals surface area contributed by atoms with Gasteiger partial charge in [0.1, 0.15) is 0 Å². The highest BCUT2D eigenvalue weighted by Crippen LogP contribution is 2.14. The van der Waals surface area contributed by atoms with Crippen LogP contribution in [0.1, 0.15) is 12.5 Å². The topological polar surface area (TPSA) is 71.4 Å². The van der Waals surface area contributed by atoms with Gasteiger partial charge in [0.25, 0.3) is 0 Å². The standard InChI is InChI=1S/C11H13ClO4S/c1-8(11(13)14)6-17(15,16)7-9-2-4-10(12)5-3-9/h2-5,8H,6-7H2,1H3,(H,13,14). The maximum atomic E-state index is 11.7. The zero-order valence-electron chi connectivity index (χ0n) is 9.26. The SMILES string of the molecule is CC(CS(=O)(=O)Cc1ccc(Cl)cc1)C(=O)O. The lowest BCUT2D eigenvalue weighted by Crippen LogP contribution is -2.22. The van der Waals surface area contributed by atoms with Crippen LogP contribution >= 0.6 is 11.6 Å². The molecule has 0 bridgehead atoms. The van der Waals surface area contributed by atoms with E-state index in [1.807, 2.05) is 0 Å². The van der Waals surface area contributed by atoms with Gasteiger partial charge in [-0.15, -0.1) is 0 Å². The number of hydrogen-bond acceptors (Lipinski definition) is 3. The minimum Gasteiger partial charge on any atom is -0.481 e. The molecule has 17 heavy (non-hydrogen) atoms. The van der Waals surface area contributed by atoms with Crippen molar-refractivity contribution in [3.05, 3.63) is 34.9 Å². The molecule has 1 aromatic rings. The number of carbonyl (C=O) groups is 1. The number of halogens is 1. The van der Waals surface area contributed by atoms with Gasteiger partial charge >= 0.3 is 5.97 Å². The molecule has 0 aliphatic rings. The Balaban J connectivity index is 2.73. The van der Waals surface area contributed by atoms with Crippen molar-refractivity contribution in [1.29, 1.82) is 0 Å². The molecule has 0 fully saturated rings. The van der Waals surface area contributed by atoms with E-state index in [-0.39, 0.29) is 11.5 Å². The summed E-state index contributed by atoms with van der Waals surface area (Å²) in [7, 11) is -3.42. The van der Waals surface area contributed by atoms with E-state index in [1.54, 1.807) is 24.3 Å². The number of aliphatic carboxylic acids is 1. The summed E-state index contributed by atoms with van der Waals surface area (Å²) in [5.41, 5.74) is 0.604. The van der Waals surface area contributed by atoms with Gasteiger partial charge in [-0.05, 0) is 17.7 Å². The summed E-state index contributed by atoms with van der Waals surface area (Å²) in [5.74, 6) is -2.52. The first-order valence-corrected chi connectivity index (χ1v) is 7.18. The van der Waals surface area contributed by atoms with Gasteiger partial charge in [0, 0.05) is 5.02 Å². The van der Waals surface area contributed by atoms with Crippen molar-refractivity contribution in [3.8, 4) is 0 Å². The molecule has 0 aliphatic carbocycles. The Bertz CT molecular complexity index is 493. The van der Waals surface area contributed by atoms with Crippen LogP contribution in [0.25, 0.3) is 0 Å². The predicted octanol–water partition coefficient (Wildman–Crippen LogP) is 1.98. The second-order valence-corrected chi connectivity index (χ2v) is 6.47. The third-order valence-electron chi connectivity index (χ3n) is 2.23. The smallest absolute Gasteiger partial charge is 0.307 e. The van der Waals surface area contributed by atoms with Gasteiger partial charge in [-0.3, -0.25) is 4.79 Å². The van der Waals surface area contributed by atoms with E-state index >= 15 is 0 Å². The van der Waals surface area contributed by atoms with Gasteiger partial charge in [0.15, 0.2) is 9.84 Å². The Kier molecular flexibility index (Phi) is 4.54. The monoisotopic (exact) mass is 276 g/mol. The zero-order valence-corrected chi connectivity index (χ0v) is 10.8. The predicted molar refractivity (Wildman–Crippen MR) is 65.7 cm³/mol. The van der Waals surface area contributed by atoms with Crippen molar-refractivity contribution in [1.82, 2.24) is 0 Å². The second kappa shape index (κ2) is 5.51. The molecule has 0 saturated heterocycles. The Morgan fingerprint density at radius 3 is 2.35 bits per heavy atom. The quantitative estimate of drug-likeness (QED) is 0.892. The van der Waals surface area contributed by atoms with Crippen LogP contribution in [0.3, 0.4) is 0 Å². The lowest BCUT2D eigenvalue weighted by Gasteiger charge is -2.07. The third-order valence-corrected chi connectivity index (χ3v) is 4.26. The van der Waals surface area contributed by atoms with Gasteiger partial charge < -0.3 is 5.11 Å². The molecular formula is C11H13ClO4S. The Hall–Kier alpha value is -1.07. The van der Waals surface area contributed by atoms with E-state index in [1.165, 1.54) is 6.92 Å². The van der Waals surface area contributed by atoms with E-state index in [2.05, 4.69) is 0 Å². The summed E-state index contributed by atoms with van der Waals surface area (Å²) in [4.78, 5) is 10.6. The molecule has 1 atom stereocenters. The Labute approximate surface area is 105 Å². The fourth-order valence-electron chi connectivity index (χ4n) is 1.35. The van der Waals surface area contributed by atoms with Crippen LogP contribution in [0.2, 0.25) is 5.02 Å². The fraction of sp³-hybridized carbons (Fsp3) is 0.364. The molecule has 94 valence electrons. The van der Waals surface area contributed by atoms with Crippen molar-refractivity contribution in [2.45, 2.75) is 12.7 Å². The summed E-state index contributed by atoms with van der Waals surface area (Å²) < 4.78 is 23.4. The Morgan fingerprint density at radius 1 is 1.35 bits per heavy atom. The molecule has 0 radical (unpaired) electrons. The number of sulfone groups is 1. The van der Waals surface area contributed by atoms with Crippen molar-refractivity contribution in [2.75, 3.05) is 5.75 Å². The zero-order chi connectivity index (χ0) is 13.1. The van der Waals surface area contributed by atoms with Crippen LogP contribution < -0.4 is 0 Å². The highest BCUT2D eigenvalue weighted by molar-refractivity contribution is 7.90. The molecule has 0 aromatic heterocycles. The molecule has 4 nitrogen and oxygen atoms in total. The van der Waals surface area contributed by atoms with Crippen molar-refractivity contribution >= 4 is 27.4 Å². The van der Waals surface area contributed by atoms with Gasteiger partial charge in [-0.1, -0.05) is 30.7 Å². The minimum atomic E-state index is -3.42. The first kappa shape index (κ1) is 14.0. The number of carboxylic acid groups (broad SMARTS) is 1. The molecule has 0 spiro atoms. The summed E-state index contributed by atoms with van der Waals surface area (Å²) in [6.45, 7) is 1.38. The Morgan fingerprint density at radius 2 is 1.88 bits per heavy atom. The van der Waals surface area contributed by atoms with Crippen molar-refractivity contribution in [3.63, 3.8) is 0 Å². The average Bonchev–Trinajstić information content (AvgIpc) is 2.20. The van der Waals surface area contributed by atoms with Gasteiger partial charge in [0.05, 0.1) is 17.4 Å². The molecule has 0 heterocycles. The van der Waals surface area contributed by atoms with Gasteiger partial charge in [-0.25, -0.2) is 8.42 Å². The largest absolute Gasteiger partial charge is 0.481 e. The maximum absolute atomic E-state index is 11.7. The van der Waals surface area contributed by atoms with Crippen molar-refractivity contribution in [2.24, 2.45) is 5.92 Å². The molecule has 1 unspecified atom stereocenters. The van der Waals surface area contributed by atoms with Gasteiger partial charge in [0.2, 0.25) is 0 Å². The third kappa shape index (κ3) is 4.75. The summed E-state index contributed by atoms with van der Waals surface area (Å²) in [6, 6.07) is 6.44. The molecular weight excluding hydrogens is 264 g/mol. The van der Waals surface area contributed by atoms with Crippen LogP contribution in [0.5, 0.6) is 0 Å². The molecule has 1 aromatic carbocycles. The number of benzene rings is 1. The molecule has 0 saturated carbocycles. The lowest BCUT2D eigenvalue weighted by atomic mass is 10.2. The normalized spacial score (nSPS) is 13.3. The van der Waals surface area contributed by atoms with E-state index in [4.69, 9.17) is 16.7 Å². The molecule has 6 heteroatoms. The van der Waals surface area contributed by atoms with E-state index < -0.39 is 21.7 Å². The molecule has 1 rings (SSSR count). The first-order valence-electron chi connectivity index (χ1n) is 4.98. The number of hydrogen-bond donors (Lipinski definition) is 1. The summed E-state index contributed by atoms with van der Waals surface area (Å²) in [5, 5.41) is 9.20. The highest BCUT2D eigenvalue weighted by atomic mass is 35.5. The van der Waals surface area contributed by atoms with Gasteiger partial charge in [-0.2, -0.15) is 0 Å². The van der Waals surface area contributed by atoms with Crippen LogP contribution in [0, 0.1) is 5.92 Å². The minimum absolute atomic E-state index is 0.165. The molecule has 0 amide bonds. The average molecular weight is 277 g/mol. The lowest BCUT2D eigenvalue weighted by molar-refractivity contribution is -0.140. The van der Waals surface area contributed by atoms with Crippen LogP contribution in [-0.4, -0.2) is 25.2 Å². The van der Waals surface area contributed by atoms with E-state index in [0.717, 1.165) is 0 Å². The summed E-state index contributed by atoms with van der Waals surface area (Å²) in [6.07, 6.45) is 0. The van der Waals surface area contributed by atoms with E-state index in [0.29, 0.717) is 10.6 Å². The second-order valence-electron chi connectivity index (χ2n) is 3.92. The number of carboxylic acids is 1. The van der Waals surface area contributed by atoms with Crippen molar-refractivity contribution < 1.29 is 18.3 Å². The molecule has 0 aliphatic heterocycles.